The summed E-state index contributed by atoms with van der Waals surface area (Å²) >= 11 is 0. The molecule has 0 saturated carbocycles. The summed E-state index contributed by atoms with van der Waals surface area (Å²) in [5, 5.41) is 9.77. The van der Waals surface area contributed by atoms with Gasteiger partial charge in [0, 0.05) is 34.0 Å². The quantitative estimate of drug-likeness (QED) is 0.142. The monoisotopic (exact) mass is 1320 g/mol. The second-order valence-electron chi connectivity index (χ2n) is 28.6. The van der Waals surface area contributed by atoms with Crippen LogP contribution in [0.25, 0.3) is 121 Å². The lowest BCUT2D eigenvalue weighted by Crippen LogP contribution is -2.25. The Labute approximate surface area is 604 Å². The van der Waals surface area contributed by atoms with Crippen molar-refractivity contribution >= 4 is 77.2 Å². The molecule has 4 aliphatic rings. The first kappa shape index (κ1) is 58.4. The van der Waals surface area contributed by atoms with Crippen molar-refractivity contribution in [1.29, 1.82) is 0 Å². The summed E-state index contributed by atoms with van der Waals surface area (Å²) in [4.78, 5) is 4.86. The normalized spacial score (nSPS) is 13.3. The first-order valence-electron chi connectivity index (χ1n) is 36.3. The maximum Gasteiger partial charge on any atom is 0.0725 e. The summed E-state index contributed by atoms with van der Waals surface area (Å²) in [7, 11) is 0. The predicted molar refractivity (Wildman–Crippen MR) is 435 cm³/mol. The van der Waals surface area contributed by atoms with E-state index < -0.39 is 10.8 Å². The van der Waals surface area contributed by atoms with Crippen LogP contribution in [0, 0.1) is 0 Å². The molecule has 0 heterocycles. The van der Waals surface area contributed by atoms with Gasteiger partial charge in [-0.3, -0.25) is 0 Å². The lowest BCUT2D eigenvalue weighted by molar-refractivity contribution is 0.796. The van der Waals surface area contributed by atoms with E-state index in [1.54, 1.807) is 0 Å². The molecular formula is C102H64N2. The molecule has 0 bridgehead atoms. The van der Waals surface area contributed by atoms with Crippen molar-refractivity contribution in [2.75, 3.05) is 9.80 Å². The highest BCUT2D eigenvalue weighted by Crippen LogP contribution is 2.66. The molecule has 2 spiro atoms. The molecule has 22 rings (SSSR count). The highest BCUT2D eigenvalue weighted by molar-refractivity contribution is 6.07. The summed E-state index contributed by atoms with van der Waals surface area (Å²) in [5.41, 5.74) is 33.7. The molecule has 2 heteroatoms. The fourth-order valence-corrected chi connectivity index (χ4v) is 18.9. The van der Waals surface area contributed by atoms with E-state index in [1.807, 2.05) is 0 Å². The van der Waals surface area contributed by atoms with Crippen molar-refractivity contribution in [2.45, 2.75) is 10.8 Å². The molecule has 482 valence electrons. The summed E-state index contributed by atoms with van der Waals surface area (Å²) in [6.45, 7) is 0. The van der Waals surface area contributed by atoms with Gasteiger partial charge in [-0.25, -0.2) is 0 Å². The van der Waals surface area contributed by atoms with Crippen LogP contribution in [-0.4, -0.2) is 0 Å². The van der Waals surface area contributed by atoms with Gasteiger partial charge in [-0.2, -0.15) is 0 Å². The molecule has 18 aromatic carbocycles. The second kappa shape index (κ2) is 22.6. The molecule has 0 saturated heterocycles. The van der Waals surface area contributed by atoms with Gasteiger partial charge in [0.15, 0.2) is 0 Å². The molecule has 2 nitrogen and oxygen atoms in total. The molecule has 0 aromatic heterocycles. The maximum absolute atomic E-state index is 2.53. The fourth-order valence-electron chi connectivity index (χ4n) is 18.9. The zero-order valence-electron chi connectivity index (χ0n) is 56.8. The topological polar surface area (TPSA) is 6.48 Å². The highest BCUT2D eigenvalue weighted by Gasteiger charge is 2.53. The molecule has 0 aliphatic heterocycles. The van der Waals surface area contributed by atoms with Crippen molar-refractivity contribution in [3.63, 3.8) is 0 Å². The zero-order chi connectivity index (χ0) is 68.2. The van der Waals surface area contributed by atoms with Gasteiger partial charge in [-0.05, 0) is 287 Å². The molecule has 0 N–H and O–H groups in total. The Hall–Kier alpha value is -13.4. The van der Waals surface area contributed by atoms with Crippen molar-refractivity contribution < 1.29 is 0 Å². The third kappa shape index (κ3) is 8.45. The van der Waals surface area contributed by atoms with Crippen molar-refractivity contribution in [1.82, 2.24) is 0 Å². The number of hydrogen-bond acceptors (Lipinski definition) is 2. The molecule has 4 aliphatic carbocycles. The zero-order valence-corrected chi connectivity index (χ0v) is 56.8. The summed E-state index contributed by atoms with van der Waals surface area (Å²) in [5.74, 6) is 0. The largest absolute Gasteiger partial charge is 0.310 e. The van der Waals surface area contributed by atoms with E-state index in [4.69, 9.17) is 0 Å². The fraction of sp³-hybridized carbons (Fsp3) is 0.0196. The van der Waals surface area contributed by atoms with E-state index in [0.29, 0.717) is 0 Å². The number of fused-ring (bicyclic) bond motifs is 24. The van der Waals surface area contributed by atoms with Crippen molar-refractivity contribution in [2.24, 2.45) is 0 Å². The van der Waals surface area contributed by atoms with Crippen LogP contribution in [0.1, 0.15) is 44.5 Å². The Kier molecular flexibility index (Phi) is 12.7. The van der Waals surface area contributed by atoms with Gasteiger partial charge in [0.25, 0.3) is 0 Å². The van der Waals surface area contributed by atoms with Crippen LogP contribution in [0.5, 0.6) is 0 Å². The molecule has 0 atom stereocenters. The lowest BCUT2D eigenvalue weighted by Gasteiger charge is -2.31. The molecule has 104 heavy (non-hydrogen) atoms. The maximum atomic E-state index is 2.53. The third-order valence-electron chi connectivity index (χ3n) is 23.3. The van der Waals surface area contributed by atoms with E-state index in [0.717, 1.165) is 50.8 Å². The Morgan fingerprint density at radius 3 is 1.01 bits per heavy atom. The Bertz CT molecular complexity index is 6530. The van der Waals surface area contributed by atoms with Crippen molar-refractivity contribution in [3.05, 3.63) is 433 Å². The minimum Gasteiger partial charge on any atom is -0.310 e. The van der Waals surface area contributed by atoms with Gasteiger partial charge in [-0.1, -0.05) is 261 Å². The third-order valence-corrected chi connectivity index (χ3v) is 23.3. The Balaban J connectivity index is 0.664. The minimum atomic E-state index is -0.541. The highest BCUT2D eigenvalue weighted by atomic mass is 15.1. The van der Waals surface area contributed by atoms with Crippen LogP contribution in [0.2, 0.25) is 0 Å². The van der Waals surface area contributed by atoms with Crippen LogP contribution in [0.4, 0.5) is 34.1 Å². The Morgan fingerprint density at radius 1 is 0.144 bits per heavy atom. The average molecular weight is 1320 g/mol. The standard InChI is InChI=1S/C102H64N2/c1-4-24-65(25-5-1)67-29-23-35-80(54-67)103(78-31-6-2-7-32-78)81-50-48-71-59-90-91-60-75-53-70(46-47-73(75)62-97(91)102(99(90)63-76(71)55-81)94-43-19-14-39-86(94)87-40-15-20-44-95(87)102)66-28-22-30-74(52-66)83-36-16-21-45-100(83)104(79-33-8-3-9-34-79)82-51-49-72-58-89-88-57-68-26-10-11-27-69(68)61-96(88)101(98(89)64-77(72)56-82)92-41-17-12-37-84(92)85-38-13-18-42-93(85)101/h1-64H. The number of hydrogen-bond donors (Lipinski definition) is 0. The van der Waals surface area contributed by atoms with Crippen LogP contribution < -0.4 is 9.80 Å². The second-order valence-corrected chi connectivity index (χ2v) is 28.6. The molecular weight excluding hydrogens is 1250 g/mol. The summed E-state index contributed by atoms with van der Waals surface area (Å²) < 4.78 is 0. The minimum absolute atomic E-state index is 0.482. The molecule has 0 radical (unpaired) electrons. The van der Waals surface area contributed by atoms with Crippen LogP contribution in [0.15, 0.2) is 388 Å². The van der Waals surface area contributed by atoms with Gasteiger partial charge in [0.05, 0.1) is 16.5 Å². The van der Waals surface area contributed by atoms with Gasteiger partial charge in [0.1, 0.15) is 0 Å². The number of anilines is 6. The molecule has 0 fully saturated rings. The number of para-hydroxylation sites is 3. The average Bonchev–Trinajstić information content (AvgIpc) is 1.51. The first-order valence-corrected chi connectivity index (χ1v) is 36.3. The molecule has 18 aromatic rings. The number of benzene rings is 18. The number of nitrogens with zero attached hydrogens (tertiary/aromatic N) is 2. The Morgan fingerprint density at radius 2 is 0.471 bits per heavy atom. The van der Waals surface area contributed by atoms with Gasteiger partial charge < -0.3 is 9.80 Å². The number of rotatable bonds is 9. The van der Waals surface area contributed by atoms with Crippen molar-refractivity contribution in [3.8, 4) is 77.9 Å². The van der Waals surface area contributed by atoms with Gasteiger partial charge in [0.2, 0.25) is 0 Å². The van der Waals surface area contributed by atoms with E-state index in [-0.39, 0.29) is 0 Å². The van der Waals surface area contributed by atoms with E-state index >= 15 is 0 Å². The van der Waals surface area contributed by atoms with Crippen LogP contribution >= 0.6 is 0 Å². The predicted octanol–water partition coefficient (Wildman–Crippen LogP) is 26.9. The first-order chi connectivity index (χ1) is 51.5. The van der Waals surface area contributed by atoms with E-state index in [9.17, 15) is 0 Å². The smallest absolute Gasteiger partial charge is 0.0725 e. The van der Waals surface area contributed by atoms with Gasteiger partial charge >= 0.3 is 0 Å². The van der Waals surface area contributed by atoms with Crippen LogP contribution in [0.3, 0.4) is 0 Å². The SMILES string of the molecule is c1ccc(-c2cccc(N(c3ccccc3)c3ccc4cc5c(cc4c3)C3(c4ccccc4-c4ccccc43)c3cc4ccc(-c6cccc(-c7ccccc7N(c7ccccc7)c7ccc8cc9c(cc8c7)C7(c8ccccc8-c8ccccc87)c7cc8ccccc8cc7-9)c6)cc4cc3-5)c2)cc1. The summed E-state index contributed by atoms with van der Waals surface area (Å²) in [6, 6.07) is 146. The van der Waals surface area contributed by atoms with Gasteiger partial charge in [-0.15, -0.1) is 0 Å². The molecule has 0 amide bonds. The molecule has 0 unspecified atom stereocenters. The lowest BCUT2D eigenvalue weighted by atomic mass is 9.70. The van der Waals surface area contributed by atoms with Crippen LogP contribution in [-0.2, 0) is 10.8 Å². The summed E-state index contributed by atoms with van der Waals surface area (Å²) in [6.07, 6.45) is 0. The van der Waals surface area contributed by atoms with E-state index in [2.05, 4.69) is 398 Å². The van der Waals surface area contributed by atoms with E-state index in [1.165, 1.54) is 149 Å².